The maximum Gasteiger partial charge on any atom is 0.307 e. The molecule has 0 unspecified atom stereocenters. The number of carboxylic acids is 1. The van der Waals surface area contributed by atoms with Gasteiger partial charge in [0.05, 0.1) is 6.42 Å². The van der Waals surface area contributed by atoms with Crippen LogP contribution in [0.4, 0.5) is 0 Å². The standard InChI is InChI=1S/C21H23NO3/c1-22(2)11-5-8-18-17-7-4-3-6-16(17)14-25-20-10-9-15(12-19(18)20)13-21(23)24/h3-4,6-10,12H,5,11,13-14H2,1-2H3,(H,23,24)/b18-8-/i1+1D3. The van der Waals surface area contributed by atoms with Crippen LogP contribution in [-0.2, 0) is 17.8 Å². The van der Waals surface area contributed by atoms with E-state index in [0.29, 0.717) is 30.9 Å². The normalized spacial score (nSPS) is 16.9. The van der Waals surface area contributed by atoms with E-state index < -0.39 is 12.9 Å². The molecule has 0 bridgehead atoms. The minimum absolute atomic E-state index is 0.0655. The van der Waals surface area contributed by atoms with Crippen LogP contribution in [0.5, 0.6) is 5.75 Å². The molecule has 130 valence electrons. The number of nitrogens with zero attached hydrogens (tertiary/aromatic N) is 1. The molecule has 1 aliphatic heterocycles. The van der Waals surface area contributed by atoms with Crippen molar-refractivity contribution in [2.75, 3.05) is 20.6 Å². The van der Waals surface area contributed by atoms with Gasteiger partial charge in [0.25, 0.3) is 0 Å². The van der Waals surface area contributed by atoms with Gasteiger partial charge in [-0.15, -0.1) is 0 Å². The number of carboxylic acid groups (broad SMARTS) is 1. The van der Waals surface area contributed by atoms with Crippen molar-refractivity contribution in [1.82, 2.24) is 4.90 Å². The molecule has 0 aromatic heterocycles. The summed E-state index contributed by atoms with van der Waals surface area (Å²) in [6, 6.07) is 13.3. The lowest BCUT2D eigenvalue weighted by molar-refractivity contribution is -0.136. The fourth-order valence-corrected chi connectivity index (χ4v) is 3.03. The summed E-state index contributed by atoms with van der Waals surface area (Å²) in [4.78, 5) is 12.5. The quantitative estimate of drug-likeness (QED) is 0.845. The minimum atomic E-state index is -2.13. The van der Waals surface area contributed by atoms with Gasteiger partial charge in [-0.3, -0.25) is 4.79 Å². The number of fused-ring (bicyclic) bond motifs is 2. The van der Waals surface area contributed by atoms with Crippen LogP contribution in [-0.4, -0.2) is 36.5 Å². The second kappa shape index (κ2) is 7.53. The molecule has 0 atom stereocenters. The van der Waals surface area contributed by atoms with E-state index in [1.807, 2.05) is 42.5 Å². The van der Waals surface area contributed by atoms with Crippen molar-refractivity contribution in [3.63, 3.8) is 0 Å². The van der Waals surface area contributed by atoms with Crippen LogP contribution in [0.1, 0.15) is 32.8 Å². The summed E-state index contributed by atoms with van der Waals surface area (Å²) in [6.45, 7) is -1.32. The van der Waals surface area contributed by atoms with Crippen LogP contribution < -0.4 is 4.74 Å². The van der Waals surface area contributed by atoms with E-state index >= 15 is 0 Å². The van der Waals surface area contributed by atoms with Gasteiger partial charge in [0.15, 0.2) is 0 Å². The summed E-state index contributed by atoms with van der Waals surface area (Å²) < 4.78 is 28.4. The van der Waals surface area contributed by atoms with Crippen molar-refractivity contribution in [2.45, 2.75) is 19.4 Å². The van der Waals surface area contributed by atoms with Gasteiger partial charge >= 0.3 is 5.97 Å². The number of benzene rings is 2. The van der Waals surface area contributed by atoms with E-state index in [2.05, 4.69) is 0 Å². The number of aliphatic carboxylic acids is 1. The third-order valence-electron chi connectivity index (χ3n) is 4.19. The fraction of sp³-hybridized carbons (Fsp3) is 0.286. The van der Waals surface area contributed by atoms with E-state index in [1.165, 1.54) is 4.90 Å². The molecule has 0 amide bonds. The third-order valence-corrected chi connectivity index (χ3v) is 4.19. The zero-order valence-corrected chi connectivity index (χ0v) is 14.2. The summed E-state index contributed by atoms with van der Waals surface area (Å²) in [5, 5.41) is 9.12. The molecule has 1 N–H and O–H groups in total. The molecule has 0 radical (unpaired) electrons. The van der Waals surface area contributed by atoms with Gasteiger partial charge in [-0.05, 0) is 54.8 Å². The summed E-state index contributed by atoms with van der Waals surface area (Å²) in [5.74, 6) is -0.194. The summed E-state index contributed by atoms with van der Waals surface area (Å²) in [7, 11) is 1.58. The maximum atomic E-state index is 11.1. The smallest absolute Gasteiger partial charge is 0.307 e. The van der Waals surface area contributed by atoms with E-state index in [9.17, 15) is 4.79 Å². The minimum Gasteiger partial charge on any atom is -0.488 e. The Labute approximate surface area is 152 Å². The molecule has 2 aromatic rings. The highest BCUT2D eigenvalue weighted by Gasteiger charge is 2.19. The molecule has 3 rings (SSSR count). The number of hydrogen-bond donors (Lipinski definition) is 1. The average molecular weight is 341 g/mol. The second-order valence-corrected chi connectivity index (χ2v) is 6.17. The number of rotatable bonds is 5. The number of ether oxygens (including phenoxy) is 1. The Bertz CT molecular complexity index is 906. The lowest BCUT2D eigenvalue weighted by Gasteiger charge is -2.13. The van der Waals surface area contributed by atoms with Crippen LogP contribution in [0.25, 0.3) is 5.57 Å². The molecule has 1 aliphatic rings. The lowest BCUT2D eigenvalue weighted by Crippen LogP contribution is -2.12. The molecule has 2 aromatic carbocycles. The van der Waals surface area contributed by atoms with Crippen molar-refractivity contribution in [3.8, 4) is 5.75 Å². The predicted molar refractivity (Wildman–Crippen MR) is 98.8 cm³/mol. The third kappa shape index (κ3) is 4.09. The highest BCUT2D eigenvalue weighted by Crippen LogP contribution is 2.37. The highest BCUT2D eigenvalue weighted by molar-refractivity contribution is 5.85. The monoisotopic (exact) mass is 341 g/mol. The van der Waals surface area contributed by atoms with Crippen molar-refractivity contribution in [1.29, 1.82) is 0 Å². The van der Waals surface area contributed by atoms with Crippen molar-refractivity contribution in [2.24, 2.45) is 0 Å². The van der Waals surface area contributed by atoms with Crippen LogP contribution >= 0.6 is 0 Å². The molecule has 0 aliphatic carbocycles. The first-order valence-corrected chi connectivity index (χ1v) is 8.23. The van der Waals surface area contributed by atoms with Gasteiger partial charge in [-0.2, -0.15) is 0 Å². The van der Waals surface area contributed by atoms with E-state index in [1.54, 1.807) is 13.1 Å². The molecular weight excluding hydrogens is 315 g/mol. The van der Waals surface area contributed by atoms with Gasteiger partial charge in [0.1, 0.15) is 12.4 Å². The zero-order chi connectivity index (χ0) is 20.3. The molecule has 0 saturated carbocycles. The lowest BCUT2D eigenvalue weighted by atomic mass is 9.92. The Hall–Kier alpha value is -2.59. The largest absolute Gasteiger partial charge is 0.488 e. The zero-order valence-electron chi connectivity index (χ0n) is 17.2. The second-order valence-electron chi connectivity index (χ2n) is 6.17. The van der Waals surface area contributed by atoms with Gasteiger partial charge < -0.3 is 14.7 Å². The van der Waals surface area contributed by atoms with Gasteiger partial charge in [-0.25, -0.2) is 0 Å². The maximum absolute atomic E-state index is 11.1. The van der Waals surface area contributed by atoms with Crippen LogP contribution in [0.3, 0.4) is 0 Å². The van der Waals surface area contributed by atoms with Crippen LogP contribution in [0, 0.1) is 0 Å². The van der Waals surface area contributed by atoms with E-state index in [-0.39, 0.29) is 6.42 Å². The SMILES string of the molecule is [2H][13C]([2H])([2H])N(C)CC/C=C1/c2ccccc2COc2ccc(CC(=O)O)cc21. The van der Waals surface area contributed by atoms with Crippen LogP contribution in [0.2, 0.25) is 0 Å². The summed E-state index contributed by atoms with van der Waals surface area (Å²) in [6.07, 6.45) is 2.49. The number of hydrogen-bond acceptors (Lipinski definition) is 3. The Balaban J connectivity index is 2.01. The Morgan fingerprint density at radius 3 is 2.96 bits per heavy atom. The molecule has 0 saturated heterocycles. The van der Waals surface area contributed by atoms with Crippen molar-refractivity contribution < 1.29 is 18.8 Å². The average Bonchev–Trinajstić information content (AvgIpc) is 2.78. The molecule has 1 heterocycles. The first-order valence-electron chi connectivity index (χ1n) is 9.73. The Morgan fingerprint density at radius 1 is 1.32 bits per heavy atom. The molecule has 25 heavy (non-hydrogen) atoms. The topological polar surface area (TPSA) is 49.8 Å². The van der Waals surface area contributed by atoms with Gasteiger partial charge in [-0.1, -0.05) is 36.4 Å². The Kier molecular flexibility index (Phi) is 4.12. The van der Waals surface area contributed by atoms with Gasteiger partial charge in [0.2, 0.25) is 0 Å². The van der Waals surface area contributed by atoms with Crippen molar-refractivity contribution in [3.05, 3.63) is 70.8 Å². The molecular formula is C21H23NO3. The molecule has 0 fully saturated rings. The van der Waals surface area contributed by atoms with Gasteiger partial charge in [0, 0.05) is 16.2 Å². The van der Waals surface area contributed by atoms with Crippen LogP contribution in [0.15, 0.2) is 48.5 Å². The van der Waals surface area contributed by atoms with E-state index in [0.717, 1.165) is 22.3 Å². The Morgan fingerprint density at radius 2 is 2.16 bits per heavy atom. The molecule has 4 heteroatoms. The van der Waals surface area contributed by atoms with E-state index in [4.69, 9.17) is 14.0 Å². The molecule has 0 spiro atoms. The number of carbonyl (C=O) groups is 1. The first-order chi connectivity index (χ1) is 13.3. The first kappa shape index (κ1) is 13.7. The summed E-state index contributed by atoms with van der Waals surface area (Å²) >= 11 is 0. The van der Waals surface area contributed by atoms with Crippen molar-refractivity contribution >= 4 is 11.5 Å². The highest BCUT2D eigenvalue weighted by atomic mass is 16.5. The fourth-order valence-electron chi connectivity index (χ4n) is 3.03. The predicted octanol–water partition coefficient (Wildman–Crippen LogP) is 3.59. The molecule has 4 nitrogen and oxygen atoms in total. The summed E-state index contributed by atoms with van der Waals surface area (Å²) in [5.41, 5.74) is 4.52.